The molecule has 0 saturated carbocycles. The molecular weight excluding hydrogens is 280 g/mol. The van der Waals surface area contributed by atoms with Crippen LogP contribution < -0.4 is 0 Å². The predicted octanol–water partition coefficient (Wildman–Crippen LogP) is 1.58. The lowest BCUT2D eigenvalue weighted by Gasteiger charge is -2.40. The summed E-state index contributed by atoms with van der Waals surface area (Å²) in [6.07, 6.45) is 0. The van der Waals surface area contributed by atoms with E-state index in [9.17, 15) is 9.59 Å². The largest absolute Gasteiger partial charge is 0.480 e. The lowest BCUT2D eigenvalue weighted by molar-refractivity contribution is -0.144. The Bertz CT molecular complexity index is 534. The fourth-order valence-corrected chi connectivity index (χ4v) is 2.84. The third-order valence-corrected chi connectivity index (χ3v) is 4.54. The van der Waals surface area contributed by atoms with Gasteiger partial charge < -0.3 is 10.0 Å². The van der Waals surface area contributed by atoms with Gasteiger partial charge in [-0.2, -0.15) is 0 Å². The van der Waals surface area contributed by atoms with E-state index in [1.807, 2.05) is 54.0 Å². The second-order valence-electron chi connectivity index (χ2n) is 6.33. The highest BCUT2D eigenvalue weighted by atomic mass is 16.4. The normalized spacial score (nSPS) is 18.0. The van der Waals surface area contributed by atoms with Crippen LogP contribution in [-0.4, -0.2) is 59.0 Å². The highest BCUT2D eigenvalue weighted by Crippen LogP contribution is 2.26. The molecule has 2 rings (SSSR count). The quantitative estimate of drug-likeness (QED) is 0.917. The molecule has 1 amide bonds. The molecular formula is C17H24N2O3. The van der Waals surface area contributed by atoms with Crippen molar-refractivity contribution in [2.75, 3.05) is 26.2 Å². The summed E-state index contributed by atoms with van der Waals surface area (Å²) in [5.41, 5.74) is 0.434. The number of hydrogen-bond acceptors (Lipinski definition) is 3. The van der Waals surface area contributed by atoms with Crippen LogP contribution in [-0.2, 0) is 15.0 Å². The average molecular weight is 304 g/mol. The van der Waals surface area contributed by atoms with Gasteiger partial charge in [-0.1, -0.05) is 30.3 Å². The highest BCUT2D eigenvalue weighted by Gasteiger charge is 2.36. The summed E-state index contributed by atoms with van der Waals surface area (Å²) in [5.74, 6) is -0.717. The Morgan fingerprint density at radius 2 is 1.64 bits per heavy atom. The Balaban J connectivity index is 2.02. The van der Waals surface area contributed by atoms with Crippen molar-refractivity contribution >= 4 is 11.9 Å². The number of amides is 1. The number of piperazine rings is 1. The van der Waals surface area contributed by atoms with E-state index in [2.05, 4.69) is 0 Å². The molecule has 0 radical (unpaired) electrons. The Hall–Kier alpha value is -1.88. The topological polar surface area (TPSA) is 60.9 Å². The van der Waals surface area contributed by atoms with Crippen molar-refractivity contribution in [3.8, 4) is 0 Å². The fourth-order valence-electron chi connectivity index (χ4n) is 2.84. The molecule has 1 atom stereocenters. The van der Waals surface area contributed by atoms with Gasteiger partial charge in [0.2, 0.25) is 5.91 Å². The van der Waals surface area contributed by atoms with Gasteiger partial charge in [0.15, 0.2) is 0 Å². The Morgan fingerprint density at radius 1 is 1.09 bits per heavy atom. The van der Waals surface area contributed by atoms with Crippen LogP contribution in [0, 0.1) is 0 Å². The third-order valence-electron chi connectivity index (χ3n) is 4.54. The molecule has 1 aromatic carbocycles. The molecule has 5 heteroatoms. The van der Waals surface area contributed by atoms with Gasteiger partial charge in [-0.3, -0.25) is 14.5 Å². The van der Waals surface area contributed by atoms with E-state index in [1.54, 1.807) is 6.92 Å². The maximum atomic E-state index is 12.8. The zero-order valence-electron chi connectivity index (χ0n) is 13.5. The van der Waals surface area contributed by atoms with Gasteiger partial charge in [-0.25, -0.2) is 0 Å². The molecule has 1 aromatic rings. The second-order valence-corrected chi connectivity index (χ2v) is 6.33. The number of carbonyl (C=O) groups is 2. The number of carboxylic acids is 1. The molecule has 22 heavy (non-hydrogen) atoms. The van der Waals surface area contributed by atoms with E-state index in [-0.39, 0.29) is 5.91 Å². The minimum atomic E-state index is -0.815. The first-order valence-electron chi connectivity index (χ1n) is 7.66. The number of hydrogen-bond donors (Lipinski definition) is 1. The van der Waals surface area contributed by atoms with E-state index in [1.165, 1.54) is 0 Å². The first kappa shape index (κ1) is 16.5. The number of benzene rings is 1. The number of rotatable bonds is 4. The zero-order valence-corrected chi connectivity index (χ0v) is 13.5. The van der Waals surface area contributed by atoms with Gasteiger partial charge in [0.1, 0.15) is 6.04 Å². The number of nitrogens with zero attached hydrogens (tertiary/aromatic N) is 2. The van der Waals surface area contributed by atoms with Gasteiger partial charge in [0, 0.05) is 26.2 Å². The van der Waals surface area contributed by atoms with Crippen LogP contribution in [0.2, 0.25) is 0 Å². The minimum absolute atomic E-state index is 0.0985. The first-order valence-corrected chi connectivity index (χ1v) is 7.66. The monoisotopic (exact) mass is 304 g/mol. The summed E-state index contributed by atoms with van der Waals surface area (Å²) in [6, 6.07) is 9.27. The van der Waals surface area contributed by atoms with E-state index in [0.717, 1.165) is 5.56 Å². The smallest absolute Gasteiger partial charge is 0.320 e. The molecule has 1 aliphatic rings. The van der Waals surface area contributed by atoms with Crippen LogP contribution in [0.15, 0.2) is 30.3 Å². The fraction of sp³-hybridized carbons (Fsp3) is 0.529. The molecule has 1 heterocycles. The molecule has 5 nitrogen and oxygen atoms in total. The molecule has 0 aliphatic carbocycles. The van der Waals surface area contributed by atoms with Crippen molar-refractivity contribution < 1.29 is 14.7 Å². The second kappa shape index (κ2) is 6.48. The van der Waals surface area contributed by atoms with Crippen molar-refractivity contribution in [3.63, 3.8) is 0 Å². The number of carboxylic acid groups (broad SMARTS) is 1. The van der Waals surface area contributed by atoms with Crippen molar-refractivity contribution in [1.82, 2.24) is 9.80 Å². The molecule has 1 fully saturated rings. The highest BCUT2D eigenvalue weighted by molar-refractivity contribution is 5.87. The van der Waals surface area contributed by atoms with Crippen LogP contribution >= 0.6 is 0 Å². The maximum absolute atomic E-state index is 12.8. The van der Waals surface area contributed by atoms with Crippen molar-refractivity contribution in [2.24, 2.45) is 0 Å². The molecule has 1 N–H and O–H groups in total. The van der Waals surface area contributed by atoms with Crippen LogP contribution in [0.1, 0.15) is 26.3 Å². The van der Waals surface area contributed by atoms with Crippen LogP contribution in [0.5, 0.6) is 0 Å². The lowest BCUT2D eigenvalue weighted by Crippen LogP contribution is -2.56. The SMILES string of the molecule is CC(C(=O)O)N1CCN(C(=O)C(C)(C)c2ccccc2)CC1. The summed E-state index contributed by atoms with van der Waals surface area (Å²) in [5, 5.41) is 9.07. The first-order chi connectivity index (χ1) is 10.3. The van der Waals surface area contributed by atoms with E-state index in [4.69, 9.17) is 5.11 Å². The van der Waals surface area contributed by atoms with Crippen molar-refractivity contribution in [3.05, 3.63) is 35.9 Å². The predicted molar refractivity (Wildman–Crippen MR) is 84.7 cm³/mol. The summed E-state index contributed by atoms with van der Waals surface area (Å²) in [4.78, 5) is 27.6. The van der Waals surface area contributed by atoms with Crippen molar-refractivity contribution in [1.29, 1.82) is 0 Å². The van der Waals surface area contributed by atoms with Gasteiger partial charge >= 0.3 is 5.97 Å². The van der Waals surface area contributed by atoms with Gasteiger partial charge in [-0.05, 0) is 26.3 Å². The lowest BCUT2D eigenvalue weighted by atomic mass is 9.83. The van der Waals surface area contributed by atoms with Crippen LogP contribution in [0.4, 0.5) is 0 Å². The van der Waals surface area contributed by atoms with E-state index >= 15 is 0 Å². The molecule has 0 spiro atoms. The number of carbonyl (C=O) groups excluding carboxylic acids is 1. The van der Waals surface area contributed by atoms with E-state index in [0.29, 0.717) is 26.2 Å². The van der Waals surface area contributed by atoms with Gasteiger partial charge in [-0.15, -0.1) is 0 Å². The average Bonchev–Trinajstić information content (AvgIpc) is 2.54. The molecule has 0 bridgehead atoms. The summed E-state index contributed by atoms with van der Waals surface area (Å²) < 4.78 is 0. The number of aliphatic carboxylic acids is 1. The zero-order chi connectivity index (χ0) is 16.3. The Morgan fingerprint density at radius 3 is 2.14 bits per heavy atom. The Kier molecular flexibility index (Phi) is 4.86. The van der Waals surface area contributed by atoms with Gasteiger partial charge in [0.05, 0.1) is 5.41 Å². The molecule has 1 saturated heterocycles. The van der Waals surface area contributed by atoms with Gasteiger partial charge in [0.25, 0.3) is 0 Å². The van der Waals surface area contributed by atoms with Crippen LogP contribution in [0.25, 0.3) is 0 Å². The molecule has 1 aliphatic heterocycles. The Labute approximate surface area is 131 Å². The maximum Gasteiger partial charge on any atom is 0.320 e. The summed E-state index contributed by atoms with van der Waals surface area (Å²) in [7, 11) is 0. The van der Waals surface area contributed by atoms with Crippen molar-refractivity contribution in [2.45, 2.75) is 32.2 Å². The van der Waals surface area contributed by atoms with E-state index < -0.39 is 17.4 Å². The van der Waals surface area contributed by atoms with Crippen LogP contribution in [0.3, 0.4) is 0 Å². The minimum Gasteiger partial charge on any atom is -0.480 e. The molecule has 0 aromatic heterocycles. The third kappa shape index (κ3) is 3.30. The molecule has 120 valence electrons. The standard InChI is InChI=1S/C17H24N2O3/c1-13(15(20)21)18-9-11-19(12-10-18)16(22)17(2,3)14-7-5-4-6-8-14/h4-8,13H,9-12H2,1-3H3,(H,20,21). The summed E-state index contributed by atoms with van der Waals surface area (Å²) in [6.45, 7) is 7.93. The molecule has 1 unspecified atom stereocenters. The summed E-state index contributed by atoms with van der Waals surface area (Å²) >= 11 is 0.